The molecular weight excluding hydrogens is 252 g/mol. The minimum absolute atomic E-state index is 0.00522. The molecule has 0 rings (SSSR count). The number of methoxy groups -OCH3 is 1. The molecule has 3 N–H and O–H groups in total. The summed E-state index contributed by atoms with van der Waals surface area (Å²) in [6, 6.07) is -0.908. The van der Waals surface area contributed by atoms with Crippen molar-refractivity contribution >= 4 is 17.8 Å². The predicted octanol–water partition coefficient (Wildman–Crippen LogP) is -0.275. The highest BCUT2D eigenvalue weighted by Crippen LogP contribution is 2.11. The second kappa shape index (κ2) is 7.73. The molecule has 0 saturated carbocycles. The van der Waals surface area contributed by atoms with Gasteiger partial charge in [-0.3, -0.25) is 9.59 Å². The summed E-state index contributed by atoms with van der Waals surface area (Å²) in [4.78, 5) is 34.2. The van der Waals surface area contributed by atoms with Crippen molar-refractivity contribution in [3.8, 4) is 0 Å². The van der Waals surface area contributed by atoms with E-state index in [0.29, 0.717) is 0 Å². The quantitative estimate of drug-likeness (QED) is 0.645. The maximum atomic E-state index is 11.9. The molecule has 19 heavy (non-hydrogen) atoms. The molecule has 110 valence electrons. The van der Waals surface area contributed by atoms with E-state index in [1.165, 1.54) is 7.11 Å². The third-order valence-electron chi connectivity index (χ3n) is 2.08. The summed E-state index contributed by atoms with van der Waals surface area (Å²) in [7, 11) is 1.25. The smallest absolute Gasteiger partial charge is 0.329 e. The van der Waals surface area contributed by atoms with Crippen LogP contribution >= 0.6 is 0 Å². The van der Waals surface area contributed by atoms with Crippen LogP contribution in [0.3, 0.4) is 0 Å². The molecule has 0 bridgehead atoms. The Morgan fingerprint density at radius 1 is 1.26 bits per heavy atom. The van der Waals surface area contributed by atoms with E-state index in [1.54, 1.807) is 20.8 Å². The summed E-state index contributed by atoms with van der Waals surface area (Å²) in [5.74, 6) is -1.55. The molecule has 0 aliphatic rings. The van der Waals surface area contributed by atoms with E-state index in [2.05, 4.69) is 10.1 Å². The maximum Gasteiger partial charge on any atom is 0.329 e. The average Bonchev–Trinajstić information content (AvgIpc) is 2.31. The number of esters is 2. The highest BCUT2D eigenvalue weighted by molar-refractivity contribution is 5.86. The number of nitrogens with two attached hydrogens (primary N) is 1. The maximum absolute atomic E-state index is 11.9. The van der Waals surface area contributed by atoms with E-state index in [1.807, 2.05) is 0 Å². The van der Waals surface area contributed by atoms with E-state index in [0.717, 1.165) is 0 Å². The third kappa shape index (κ3) is 8.15. The fourth-order valence-corrected chi connectivity index (χ4v) is 1.24. The summed E-state index contributed by atoms with van der Waals surface area (Å²) in [5, 5.41) is 2.42. The summed E-state index contributed by atoms with van der Waals surface area (Å²) in [6.45, 7) is 4.91. The van der Waals surface area contributed by atoms with E-state index in [4.69, 9.17) is 10.5 Å². The Hall–Kier alpha value is -1.63. The van der Waals surface area contributed by atoms with Gasteiger partial charge < -0.3 is 20.5 Å². The fraction of sp³-hybridized carbons (Fsp3) is 0.750. The molecule has 0 aromatic rings. The molecule has 0 aromatic carbocycles. The first-order valence-electron chi connectivity index (χ1n) is 5.98. The zero-order chi connectivity index (χ0) is 15.1. The van der Waals surface area contributed by atoms with Gasteiger partial charge in [0, 0.05) is 6.42 Å². The number of hydrogen-bond donors (Lipinski definition) is 2. The third-order valence-corrected chi connectivity index (χ3v) is 2.08. The van der Waals surface area contributed by atoms with Crippen LogP contribution in [0, 0.1) is 0 Å². The highest BCUT2D eigenvalue weighted by atomic mass is 16.6. The molecule has 1 atom stereocenters. The fourth-order valence-electron chi connectivity index (χ4n) is 1.24. The molecule has 7 nitrogen and oxygen atoms in total. The minimum Gasteiger partial charge on any atom is -0.469 e. The van der Waals surface area contributed by atoms with Crippen LogP contribution in [-0.4, -0.2) is 43.1 Å². The second-order valence-electron chi connectivity index (χ2n) is 4.97. The summed E-state index contributed by atoms with van der Waals surface area (Å²) in [6.07, 6.45) is 0.110. The van der Waals surface area contributed by atoms with Crippen molar-refractivity contribution < 1.29 is 23.9 Å². The first kappa shape index (κ1) is 17.4. The molecule has 0 aromatic heterocycles. The Morgan fingerprint density at radius 3 is 2.26 bits per heavy atom. The van der Waals surface area contributed by atoms with Gasteiger partial charge in [0.25, 0.3) is 0 Å². The largest absolute Gasteiger partial charge is 0.469 e. The topological polar surface area (TPSA) is 108 Å². The summed E-state index contributed by atoms with van der Waals surface area (Å²) < 4.78 is 9.65. The van der Waals surface area contributed by atoms with Crippen molar-refractivity contribution in [2.75, 3.05) is 13.7 Å². The predicted molar refractivity (Wildman–Crippen MR) is 68.1 cm³/mol. The van der Waals surface area contributed by atoms with Gasteiger partial charge in [-0.2, -0.15) is 0 Å². The Bertz CT molecular complexity index is 336. The standard InChI is InChI=1S/C12H22N2O5/c1-12(2,3)19-11(17)8(14-9(15)7-13)5-6-10(16)18-4/h8H,5-7,13H2,1-4H3,(H,14,15). The van der Waals surface area contributed by atoms with Crippen LogP contribution in [0.25, 0.3) is 0 Å². The van der Waals surface area contributed by atoms with E-state index < -0.39 is 29.5 Å². The molecule has 0 saturated heterocycles. The molecule has 1 amide bonds. The van der Waals surface area contributed by atoms with E-state index in [-0.39, 0.29) is 19.4 Å². The number of rotatable bonds is 6. The lowest BCUT2D eigenvalue weighted by Crippen LogP contribution is -2.46. The molecule has 0 spiro atoms. The summed E-state index contributed by atoms with van der Waals surface area (Å²) >= 11 is 0. The SMILES string of the molecule is COC(=O)CCC(NC(=O)CN)C(=O)OC(C)(C)C. The van der Waals surface area contributed by atoms with Crippen molar-refractivity contribution in [3.05, 3.63) is 0 Å². The molecule has 0 heterocycles. The van der Waals surface area contributed by atoms with E-state index in [9.17, 15) is 14.4 Å². The number of hydrogen-bond acceptors (Lipinski definition) is 6. The second-order valence-corrected chi connectivity index (χ2v) is 4.97. The normalized spacial score (nSPS) is 12.5. The molecule has 7 heteroatoms. The highest BCUT2D eigenvalue weighted by Gasteiger charge is 2.26. The lowest BCUT2D eigenvalue weighted by atomic mass is 10.1. The van der Waals surface area contributed by atoms with Crippen LogP contribution in [0.5, 0.6) is 0 Å². The Kier molecular flexibility index (Phi) is 7.06. The Balaban J connectivity index is 4.61. The van der Waals surface area contributed by atoms with Gasteiger partial charge in [0.2, 0.25) is 5.91 Å². The number of amides is 1. The van der Waals surface area contributed by atoms with Gasteiger partial charge in [-0.1, -0.05) is 0 Å². The van der Waals surface area contributed by atoms with Crippen molar-refractivity contribution in [2.24, 2.45) is 5.73 Å². The zero-order valence-electron chi connectivity index (χ0n) is 11.8. The lowest BCUT2D eigenvalue weighted by Gasteiger charge is -2.24. The monoisotopic (exact) mass is 274 g/mol. The first-order chi connectivity index (χ1) is 8.69. The van der Waals surface area contributed by atoms with Crippen LogP contribution in [0.1, 0.15) is 33.6 Å². The molecule has 0 aliphatic heterocycles. The molecule has 0 aliphatic carbocycles. The first-order valence-corrected chi connectivity index (χ1v) is 5.98. The minimum atomic E-state index is -0.908. The lowest BCUT2D eigenvalue weighted by molar-refractivity contribution is -0.159. The molecule has 0 fully saturated rings. The van der Waals surface area contributed by atoms with Gasteiger partial charge >= 0.3 is 11.9 Å². The number of carbonyl (C=O) groups is 3. The van der Waals surface area contributed by atoms with Crippen LogP contribution in [0.15, 0.2) is 0 Å². The van der Waals surface area contributed by atoms with Gasteiger partial charge in [-0.25, -0.2) is 4.79 Å². The Morgan fingerprint density at radius 2 is 1.84 bits per heavy atom. The van der Waals surface area contributed by atoms with Gasteiger partial charge in [-0.05, 0) is 27.2 Å². The van der Waals surface area contributed by atoms with Crippen LogP contribution in [0.4, 0.5) is 0 Å². The van der Waals surface area contributed by atoms with Gasteiger partial charge in [0.15, 0.2) is 0 Å². The molecular formula is C12H22N2O5. The van der Waals surface area contributed by atoms with Gasteiger partial charge in [0.05, 0.1) is 13.7 Å². The van der Waals surface area contributed by atoms with Crippen molar-refractivity contribution in [3.63, 3.8) is 0 Å². The van der Waals surface area contributed by atoms with E-state index >= 15 is 0 Å². The van der Waals surface area contributed by atoms with Gasteiger partial charge in [0.1, 0.15) is 11.6 Å². The summed E-state index contributed by atoms with van der Waals surface area (Å²) in [5.41, 5.74) is 4.50. The molecule has 1 unspecified atom stereocenters. The van der Waals surface area contributed by atoms with Crippen molar-refractivity contribution in [1.29, 1.82) is 0 Å². The van der Waals surface area contributed by atoms with Crippen molar-refractivity contribution in [1.82, 2.24) is 5.32 Å². The number of ether oxygens (including phenoxy) is 2. The number of nitrogens with one attached hydrogen (secondary N) is 1. The van der Waals surface area contributed by atoms with Crippen molar-refractivity contribution in [2.45, 2.75) is 45.3 Å². The van der Waals surface area contributed by atoms with Gasteiger partial charge in [-0.15, -0.1) is 0 Å². The average molecular weight is 274 g/mol. The van der Waals surface area contributed by atoms with Crippen LogP contribution < -0.4 is 11.1 Å². The van der Waals surface area contributed by atoms with Crippen LogP contribution in [0.2, 0.25) is 0 Å². The molecule has 0 radical (unpaired) electrons. The zero-order valence-corrected chi connectivity index (χ0v) is 11.8. The van der Waals surface area contributed by atoms with Crippen LogP contribution in [-0.2, 0) is 23.9 Å². The Labute approximate surface area is 112 Å². The number of carbonyl (C=O) groups excluding carboxylic acids is 3.